The van der Waals surface area contributed by atoms with Crippen molar-refractivity contribution in [3.05, 3.63) is 95.9 Å². The van der Waals surface area contributed by atoms with Crippen LogP contribution in [0.2, 0.25) is 0 Å². The molecule has 0 unspecified atom stereocenters. The molecule has 28 heavy (non-hydrogen) atoms. The fraction of sp³-hybridized carbons (Fsp3) is 0.0833. The van der Waals surface area contributed by atoms with Crippen LogP contribution < -0.4 is 0 Å². The molecule has 136 valence electrons. The van der Waals surface area contributed by atoms with Crippen molar-refractivity contribution in [1.82, 2.24) is 14.8 Å². The Bertz CT molecular complexity index is 1240. The average molecular weight is 367 g/mol. The first-order chi connectivity index (χ1) is 13.7. The van der Waals surface area contributed by atoms with Crippen molar-refractivity contribution in [1.29, 1.82) is 0 Å². The van der Waals surface area contributed by atoms with Gasteiger partial charge in [-0.3, -0.25) is 0 Å². The molecule has 3 nitrogen and oxygen atoms in total. The molecule has 0 N–H and O–H groups in total. The van der Waals surface area contributed by atoms with Crippen LogP contribution in [0.4, 0.5) is 4.39 Å². The predicted octanol–water partition coefficient (Wildman–Crippen LogP) is 5.70. The minimum atomic E-state index is -0.222. The fourth-order valence-electron chi connectivity index (χ4n) is 3.68. The van der Waals surface area contributed by atoms with E-state index in [0.29, 0.717) is 6.54 Å². The SMILES string of the molecule is Cc1ccc2c(c1)c1nnc(-c3ccccc3)c-1cn2Cc1ccc(F)cc1. The standard InChI is InChI=1S/C24H18FN3/c1-16-7-12-22-20(13-16)24-21(23(26-27-24)18-5-3-2-4-6-18)15-28(22)14-17-8-10-19(25)11-9-17/h2-13,15H,14H2,1H3. The number of aryl methyl sites for hydroxylation is 1. The molecule has 0 bridgehead atoms. The first-order valence-electron chi connectivity index (χ1n) is 9.25. The van der Waals surface area contributed by atoms with Crippen molar-refractivity contribution in [2.45, 2.75) is 13.5 Å². The summed E-state index contributed by atoms with van der Waals surface area (Å²) >= 11 is 0. The second kappa shape index (κ2) is 6.57. The number of fused-ring (bicyclic) bond motifs is 3. The molecule has 0 spiro atoms. The van der Waals surface area contributed by atoms with Gasteiger partial charge in [-0.15, -0.1) is 10.2 Å². The van der Waals surface area contributed by atoms with E-state index in [9.17, 15) is 4.39 Å². The Labute approximate surface area is 162 Å². The highest BCUT2D eigenvalue weighted by Crippen LogP contribution is 2.36. The molecule has 4 heteroatoms. The molecule has 0 amide bonds. The largest absolute Gasteiger partial charge is 0.342 e. The van der Waals surface area contributed by atoms with Gasteiger partial charge in [-0.1, -0.05) is 54.1 Å². The molecule has 0 saturated carbocycles. The zero-order chi connectivity index (χ0) is 19.1. The lowest BCUT2D eigenvalue weighted by molar-refractivity contribution is 0.626. The second-order valence-electron chi connectivity index (χ2n) is 7.08. The number of hydrogen-bond donors (Lipinski definition) is 0. The van der Waals surface area contributed by atoms with Crippen LogP contribution in [0, 0.1) is 12.7 Å². The van der Waals surface area contributed by atoms with Gasteiger partial charge in [-0.25, -0.2) is 4.39 Å². The Morgan fingerprint density at radius 2 is 1.61 bits per heavy atom. The number of nitrogens with zero attached hydrogens (tertiary/aromatic N) is 3. The van der Waals surface area contributed by atoms with E-state index in [1.807, 2.05) is 42.5 Å². The lowest BCUT2D eigenvalue weighted by Crippen LogP contribution is -2.04. The molecule has 0 atom stereocenters. The van der Waals surface area contributed by atoms with Gasteiger partial charge in [0.15, 0.2) is 0 Å². The van der Waals surface area contributed by atoms with E-state index in [1.54, 1.807) is 0 Å². The van der Waals surface area contributed by atoms with E-state index in [0.717, 1.165) is 39.0 Å². The number of halogens is 1. The summed E-state index contributed by atoms with van der Waals surface area (Å²) in [5.41, 5.74) is 7.16. The molecule has 0 aliphatic carbocycles. The first kappa shape index (κ1) is 16.6. The fourth-order valence-corrected chi connectivity index (χ4v) is 3.68. The molecule has 2 aliphatic rings. The Morgan fingerprint density at radius 3 is 2.39 bits per heavy atom. The molecule has 0 saturated heterocycles. The molecule has 2 aliphatic heterocycles. The van der Waals surface area contributed by atoms with E-state index < -0.39 is 0 Å². The maximum atomic E-state index is 13.3. The zero-order valence-electron chi connectivity index (χ0n) is 15.4. The van der Waals surface area contributed by atoms with E-state index in [1.165, 1.54) is 17.7 Å². The van der Waals surface area contributed by atoms with Crippen LogP contribution in [-0.2, 0) is 6.54 Å². The predicted molar refractivity (Wildman–Crippen MR) is 110 cm³/mol. The van der Waals surface area contributed by atoms with E-state index >= 15 is 0 Å². The highest BCUT2D eigenvalue weighted by atomic mass is 19.1. The Kier molecular flexibility index (Phi) is 3.90. The topological polar surface area (TPSA) is 30.7 Å². The third-order valence-electron chi connectivity index (χ3n) is 5.08. The molecule has 3 aromatic carbocycles. The summed E-state index contributed by atoms with van der Waals surface area (Å²) in [5.74, 6) is -0.222. The minimum Gasteiger partial charge on any atom is -0.342 e. The van der Waals surface area contributed by atoms with Crippen molar-refractivity contribution in [2.24, 2.45) is 0 Å². The molecular weight excluding hydrogens is 349 g/mol. The van der Waals surface area contributed by atoms with E-state index in [2.05, 4.69) is 46.1 Å². The summed E-state index contributed by atoms with van der Waals surface area (Å²) in [7, 11) is 0. The summed E-state index contributed by atoms with van der Waals surface area (Å²) in [4.78, 5) is 0. The van der Waals surface area contributed by atoms with Crippen LogP contribution in [0.25, 0.3) is 33.4 Å². The maximum Gasteiger partial charge on any atom is 0.123 e. The smallest absolute Gasteiger partial charge is 0.123 e. The monoisotopic (exact) mass is 367 g/mol. The van der Waals surface area contributed by atoms with E-state index in [-0.39, 0.29) is 5.82 Å². The van der Waals surface area contributed by atoms with Crippen LogP contribution >= 0.6 is 0 Å². The quantitative estimate of drug-likeness (QED) is 0.410. The van der Waals surface area contributed by atoms with Gasteiger partial charge in [0, 0.05) is 29.3 Å². The van der Waals surface area contributed by atoms with Gasteiger partial charge in [0.2, 0.25) is 0 Å². The normalized spacial score (nSPS) is 11.4. The van der Waals surface area contributed by atoms with Gasteiger partial charge in [0.25, 0.3) is 0 Å². The average Bonchev–Trinajstić information content (AvgIpc) is 3.14. The summed E-state index contributed by atoms with van der Waals surface area (Å²) in [6, 6.07) is 23.1. The molecule has 2 heterocycles. The van der Waals surface area contributed by atoms with E-state index in [4.69, 9.17) is 0 Å². The third-order valence-corrected chi connectivity index (χ3v) is 5.08. The zero-order valence-corrected chi connectivity index (χ0v) is 15.4. The molecule has 0 radical (unpaired) electrons. The molecule has 0 fully saturated rings. The van der Waals surface area contributed by atoms with Crippen LogP contribution in [0.1, 0.15) is 11.1 Å². The van der Waals surface area contributed by atoms with Crippen molar-refractivity contribution in [3.63, 3.8) is 0 Å². The maximum absolute atomic E-state index is 13.3. The molecule has 3 aromatic rings. The molecular formula is C24H18FN3. The van der Waals surface area contributed by atoms with Gasteiger partial charge < -0.3 is 4.57 Å². The highest BCUT2D eigenvalue weighted by molar-refractivity contribution is 5.98. The third kappa shape index (κ3) is 2.83. The summed E-state index contributed by atoms with van der Waals surface area (Å²) in [6.07, 6.45) is 2.11. The molecule has 0 aromatic heterocycles. The van der Waals surface area contributed by atoms with Gasteiger partial charge in [0.1, 0.15) is 17.2 Å². The number of aromatic nitrogens is 3. The minimum absolute atomic E-state index is 0.222. The van der Waals surface area contributed by atoms with Gasteiger partial charge >= 0.3 is 0 Å². The number of benzene rings is 3. The number of pyridine rings is 1. The second-order valence-corrected chi connectivity index (χ2v) is 7.08. The van der Waals surface area contributed by atoms with Gasteiger partial charge in [-0.05, 0) is 36.8 Å². The van der Waals surface area contributed by atoms with Gasteiger partial charge in [-0.2, -0.15) is 0 Å². The van der Waals surface area contributed by atoms with Crippen molar-refractivity contribution in [2.75, 3.05) is 0 Å². The lowest BCUT2D eigenvalue weighted by atomic mass is 10.0. The van der Waals surface area contributed by atoms with Crippen LogP contribution in [0.5, 0.6) is 0 Å². The summed E-state index contributed by atoms with van der Waals surface area (Å²) in [6.45, 7) is 2.73. The number of rotatable bonds is 3. The van der Waals surface area contributed by atoms with Crippen molar-refractivity contribution >= 4 is 10.9 Å². The number of hydrogen-bond acceptors (Lipinski definition) is 2. The first-order valence-corrected chi connectivity index (χ1v) is 9.25. The summed E-state index contributed by atoms with van der Waals surface area (Å²) in [5, 5.41) is 10.1. The van der Waals surface area contributed by atoms with Crippen molar-refractivity contribution < 1.29 is 4.39 Å². The Morgan fingerprint density at radius 1 is 0.857 bits per heavy atom. The van der Waals surface area contributed by atoms with Crippen molar-refractivity contribution in [3.8, 4) is 22.5 Å². The lowest BCUT2D eigenvalue weighted by Gasteiger charge is -2.16. The highest BCUT2D eigenvalue weighted by Gasteiger charge is 2.20. The van der Waals surface area contributed by atoms with Crippen LogP contribution in [0.3, 0.4) is 0 Å². The van der Waals surface area contributed by atoms with Crippen LogP contribution in [0.15, 0.2) is 79.0 Å². The van der Waals surface area contributed by atoms with Gasteiger partial charge in [0.05, 0.1) is 5.52 Å². The van der Waals surface area contributed by atoms with Crippen LogP contribution in [-0.4, -0.2) is 14.8 Å². The Balaban J connectivity index is 1.74. The Hall–Kier alpha value is -3.53. The molecule has 5 rings (SSSR count). The summed E-state index contributed by atoms with van der Waals surface area (Å²) < 4.78 is 15.5.